The molecule has 9 heteroatoms. The number of carbonyl (C=O) groups excluding carboxylic acids is 1. The number of hydrogen-bond donors (Lipinski definition) is 0. The minimum Gasteiger partial charge on any atom is -0.493 e. The fraction of sp³-hybridized carbons (Fsp3) is 0.536. The molecule has 37 heavy (non-hydrogen) atoms. The van der Waals surface area contributed by atoms with E-state index in [1.807, 2.05) is 38.1 Å². The average Bonchev–Trinajstić information content (AvgIpc) is 3.47. The molecular formula is C28H38N4O4S. The Balaban J connectivity index is 1.61. The molecule has 1 aliphatic carbocycles. The predicted octanol–water partition coefficient (Wildman–Crippen LogP) is 6.07. The first kappa shape index (κ1) is 27.3. The van der Waals surface area contributed by atoms with Crippen molar-refractivity contribution in [3.63, 3.8) is 0 Å². The smallest absolute Gasteiger partial charge is 0.192 e. The van der Waals surface area contributed by atoms with Crippen molar-refractivity contribution in [1.29, 1.82) is 0 Å². The van der Waals surface area contributed by atoms with Gasteiger partial charge in [0.15, 0.2) is 28.3 Å². The largest absolute Gasteiger partial charge is 0.493 e. The van der Waals surface area contributed by atoms with E-state index >= 15 is 0 Å². The Kier molecular flexibility index (Phi) is 8.97. The molecule has 3 aromatic rings. The summed E-state index contributed by atoms with van der Waals surface area (Å²) in [6.07, 6.45) is 5.78. The number of thioether (sulfide) groups is 1. The summed E-state index contributed by atoms with van der Waals surface area (Å²) in [7, 11) is 4.96. The van der Waals surface area contributed by atoms with Crippen molar-refractivity contribution in [2.75, 3.05) is 33.7 Å². The molecule has 1 aromatic carbocycles. The number of methoxy groups -OCH3 is 3. The third-order valence-electron chi connectivity index (χ3n) is 7.21. The van der Waals surface area contributed by atoms with Gasteiger partial charge in [0.1, 0.15) is 0 Å². The summed E-state index contributed by atoms with van der Waals surface area (Å²) in [5.74, 6) is 2.53. The van der Waals surface area contributed by atoms with Gasteiger partial charge >= 0.3 is 0 Å². The Hall–Kier alpha value is -2.78. The maximum absolute atomic E-state index is 13.3. The minimum absolute atomic E-state index is 0.0971. The number of rotatable bonds is 11. The van der Waals surface area contributed by atoms with Crippen LogP contribution < -0.4 is 9.47 Å². The Morgan fingerprint density at radius 3 is 2.46 bits per heavy atom. The molecule has 0 radical (unpaired) electrons. The number of Topliss-reactive ketones (excluding diaryl/α,β-unsaturated/α-hetero) is 1. The van der Waals surface area contributed by atoms with Crippen molar-refractivity contribution in [3.05, 3.63) is 41.2 Å². The number of ether oxygens (including phenoxy) is 3. The minimum atomic E-state index is 0.0971. The highest BCUT2D eigenvalue weighted by molar-refractivity contribution is 7.99. The van der Waals surface area contributed by atoms with Crippen LogP contribution in [0.5, 0.6) is 11.5 Å². The van der Waals surface area contributed by atoms with Crippen molar-refractivity contribution in [3.8, 4) is 22.9 Å². The highest BCUT2D eigenvalue weighted by Gasteiger charge is 2.26. The molecule has 0 amide bonds. The van der Waals surface area contributed by atoms with Gasteiger partial charge in [0, 0.05) is 35.7 Å². The Bertz CT molecular complexity index is 1230. The summed E-state index contributed by atoms with van der Waals surface area (Å²) in [4.78, 5) is 13.3. The summed E-state index contributed by atoms with van der Waals surface area (Å²) in [6.45, 7) is 6.76. The van der Waals surface area contributed by atoms with E-state index in [-0.39, 0.29) is 11.8 Å². The van der Waals surface area contributed by atoms with Gasteiger partial charge < -0.3 is 18.8 Å². The lowest BCUT2D eigenvalue weighted by Gasteiger charge is -2.25. The molecular weight excluding hydrogens is 488 g/mol. The molecule has 1 aliphatic rings. The van der Waals surface area contributed by atoms with Gasteiger partial charge in [-0.1, -0.05) is 31.0 Å². The van der Waals surface area contributed by atoms with Crippen LogP contribution in [0.1, 0.15) is 72.9 Å². The van der Waals surface area contributed by atoms with Crippen LogP contribution >= 0.6 is 11.8 Å². The molecule has 1 atom stereocenters. The van der Waals surface area contributed by atoms with Gasteiger partial charge in [0.05, 0.1) is 32.6 Å². The molecule has 0 saturated heterocycles. The van der Waals surface area contributed by atoms with Crippen LogP contribution in [0.15, 0.2) is 29.4 Å². The highest BCUT2D eigenvalue weighted by atomic mass is 32.2. The zero-order chi connectivity index (χ0) is 26.5. The lowest BCUT2D eigenvalue weighted by Crippen LogP contribution is -2.16. The second-order valence-corrected chi connectivity index (χ2v) is 10.7. The van der Waals surface area contributed by atoms with E-state index < -0.39 is 0 Å². The molecule has 4 rings (SSSR count). The number of hydrogen-bond acceptors (Lipinski definition) is 7. The lowest BCUT2D eigenvalue weighted by atomic mass is 9.95. The topological polar surface area (TPSA) is 80.4 Å². The summed E-state index contributed by atoms with van der Waals surface area (Å²) in [5, 5.41) is 9.93. The molecule has 2 aromatic heterocycles. The van der Waals surface area contributed by atoms with Crippen LogP contribution in [0.3, 0.4) is 0 Å². The van der Waals surface area contributed by atoms with Crippen molar-refractivity contribution in [1.82, 2.24) is 19.3 Å². The van der Waals surface area contributed by atoms with Gasteiger partial charge in [-0.15, -0.1) is 10.2 Å². The number of aromatic nitrogens is 4. The van der Waals surface area contributed by atoms with Gasteiger partial charge in [-0.2, -0.15) is 0 Å². The second kappa shape index (κ2) is 12.2. The standard InChI is InChI=1S/C28H38N4O4S/c1-18-14-23(20(3)31(18)19(2)16-34-4)24(33)17-37-28-30-29-27(32(28)22-10-8-7-9-11-22)21-12-13-25(35-5)26(15-21)36-6/h12-15,19,22H,7-11,16-17H2,1-6H3/t19-/m0/s1. The maximum atomic E-state index is 13.3. The number of benzene rings is 1. The second-order valence-electron chi connectivity index (χ2n) is 9.71. The molecule has 2 heterocycles. The van der Waals surface area contributed by atoms with E-state index in [1.54, 1.807) is 21.3 Å². The molecule has 0 N–H and O–H groups in total. The van der Waals surface area contributed by atoms with Gasteiger partial charge in [-0.05, 0) is 57.9 Å². The zero-order valence-electron chi connectivity index (χ0n) is 22.7. The van der Waals surface area contributed by atoms with Crippen LogP contribution in [0.2, 0.25) is 0 Å². The van der Waals surface area contributed by atoms with Crippen molar-refractivity contribution < 1.29 is 19.0 Å². The van der Waals surface area contributed by atoms with E-state index in [9.17, 15) is 4.79 Å². The highest BCUT2D eigenvalue weighted by Crippen LogP contribution is 2.38. The van der Waals surface area contributed by atoms with Crippen LogP contribution in [-0.4, -0.2) is 58.8 Å². The molecule has 0 spiro atoms. The molecule has 0 aliphatic heterocycles. The van der Waals surface area contributed by atoms with Crippen molar-refractivity contribution in [2.45, 2.75) is 70.1 Å². The van der Waals surface area contributed by atoms with Crippen LogP contribution in [0.4, 0.5) is 0 Å². The Morgan fingerprint density at radius 2 is 1.78 bits per heavy atom. The monoisotopic (exact) mass is 526 g/mol. The van der Waals surface area contributed by atoms with Gasteiger partial charge in [-0.3, -0.25) is 9.36 Å². The summed E-state index contributed by atoms with van der Waals surface area (Å²) in [6, 6.07) is 8.29. The third-order valence-corrected chi connectivity index (χ3v) is 8.15. The van der Waals surface area contributed by atoms with E-state index in [0.29, 0.717) is 29.9 Å². The number of ketones is 1. The molecule has 8 nitrogen and oxygen atoms in total. The van der Waals surface area contributed by atoms with E-state index in [1.165, 1.54) is 31.0 Å². The summed E-state index contributed by atoms with van der Waals surface area (Å²) in [5.41, 5.74) is 3.73. The van der Waals surface area contributed by atoms with Gasteiger partial charge in [0.25, 0.3) is 0 Å². The third kappa shape index (κ3) is 5.72. The first-order valence-electron chi connectivity index (χ1n) is 12.9. The molecule has 200 valence electrons. The van der Waals surface area contributed by atoms with Crippen molar-refractivity contribution in [2.24, 2.45) is 0 Å². The van der Waals surface area contributed by atoms with Crippen LogP contribution in [-0.2, 0) is 4.74 Å². The molecule has 0 unspecified atom stereocenters. The van der Waals surface area contributed by atoms with E-state index in [4.69, 9.17) is 14.2 Å². The number of aryl methyl sites for hydroxylation is 1. The lowest BCUT2D eigenvalue weighted by molar-refractivity contribution is 0.102. The van der Waals surface area contributed by atoms with E-state index in [0.717, 1.165) is 46.3 Å². The Morgan fingerprint density at radius 1 is 1.05 bits per heavy atom. The zero-order valence-corrected chi connectivity index (χ0v) is 23.6. The normalized spacial score (nSPS) is 15.1. The van der Waals surface area contributed by atoms with Crippen LogP contribution in [0, 0.1) is 13.8 Å². The quantitative estimate of drug-likeness (QED) is 0.222. The van der Waals surface area contributed by atoms with E-state index in [2.05, 4.69) is 26.3 Å². The van der Waals surface area contributed by atoms with Gasteiger partial charge in [-0.25, -0.2) is 0 Å². The molecule has 1 fully saturated rings. The maximum Gasteiger partial charge on any atom is 0.192 e. The van der Waals surface area contributed by atoms with Gasteiger partial charge in [0.2, 0.25) is 0 Å². The first-order valence-corrected chi connectivity index (χ1v) is 13.9. The molecule has 1 saturated carbocycles. The fourth-order valence-corrected chi connectivity index (χ4v) is 6.37. The van der Waals surface area contributed by atoms with Crippen molar-refractivity contribution >= 4 is 17.5 Å². The number of carbonyl (C=O) groups is 1. The molecule has 0 bridgehead atoms. The fourth-order valence-electron chi connectivity index (χ4n) is 5.48. The SMILES string of the molecule is COC[C@H](C)n1c(C)cc(C(=O)CSc2nnc(-c3ccc(OC)c(OC)c3)n2C2CCCCC2)c1C. The number of nitrogens with zero attached hydrogens (tertiary/aromatic N) is 4. The Labute approximate surface area is 223 Å². The summed E-state index contributed by atoms with van der Waals surface area (Å²) >= 11 is 1.47. The first-order chi connectivity index (χ1) is 17.9. The summed E-state index contributed by atoms with van der Waals surface area (Å²) < 4.78 is 20.7. The van der Waals surface area contributed by atoms with Crippen LogP contribution in [0.25, 0.3) is 11.4 Å². The predicted molar refractivity (Wildman–Crippen MR) is 146 cm³/mol. The average molecular weight is 527 g/mol.